The standard InChI is InChI=1S/C13H24N4O5S.ClH/c1-13(16,12(15)22)6-9(18)8(5-10(19)20)17-11(21)7(14)3-4-23-2;/h7-8H,3-6,14,16H2,1-2H3,(H2,15,22)(H,17,21)(H,19,20);1H/t7-,8-,13?;/m0./s1. The third kappa shape index (κ3) is 9.06. The van der Waals surface area contributed by atoms with Gasteiger partial charge < -0.3 is 27.6 Å². The SMILES string of the molecule is CSCC[C@H](N)C(=O)N[C@@H](CC(=O)O)C(=O)CC(C)(N)C(N)=O.Cl. The predicted octanol–water partition coefficient (Wildman–Crippen LogP) is -1.39. The van der Waals surface area contributed by atoms with Crippen molar-refractivity contribution in [1.82, 2.24) is 5.32 Å². The Hall–Kier alpha value is -1.36. The van der Waals surface area contributed by atoms with Crippen LogP contribution in [0.2, 0.25) is 0 Å². The molecule has 0 aromatic rings. The highest BCUT2D eigenvalue weighted by atomic mass is 35.5. The number of primary amides is 1. The van der Waals surface area contributed by atoms with Gasteiger partial charge in [-0.2, -0.15) is 11.8 Å². The van der Waals surface area contributed by atoms with E-state index in [9.17, 15) is 19.2 Å². The van der Waals surface area contributed by atoms with Crippen molar-refractivity contribution < 1.29 is 24.3 Å². The Morgan fingerprint density at radius 1 is 1.29 bits per heavy atom. The van der Waals surface area contributed by atoms with Gasteiger partial charge in [0.2, 0.25) is 11.8 Å². The molecule has 0 aliphatic heterocycles. The molecule has 2 amide bonds. The Morgan fingerprint density at radius 2 is 1.83 bits per heavy atom. The number of amides is 2. The topological polar surface area (TPSA) is 179 Å². The lowest BCUT2D eigenvalue weighted by atomic mass is 9.91. The molecule has 0 heterocycles. The summed E-state index contributed by atoms with van der Waals surface area (Å²) in [6.07, 6.45) is 1.12. The van der Waals surface area contributed by atoms with Crippen molar-refractivity contribution in [3.63, 3.8) is 0 Å². The molecule has 1 unspecified atom stereocenters. The van der Waals surface area contributed by atoms with Crippen LogP contribution in [0.25, 0.3) is 0 Å². The van der Waals surface area contributed by atoms with E-state index in [2.05, 4.69) is 5.32 Å². The van der Waals surface area contributed by atoms with Crippen molar-refractivity contribution in [2.45, 2.75) is 43.8 Å². The van der Waals surface area contributed by atoms with Crippen LogP contribution in [0.3, 0.4) is 0 Å². The van der Waals surface area contributed by atoms with Gasteiger partial charge in [0.1, 0.15) is 0 Å². The lowest BCUT2D eigenvalue weighted by molar-refractivity contribution is -0.140. The molecule has 0 aliphatic rings. The number of aliphatic carboxylic acids is 1. The summed E-state index contributed by atoms with van der Waals surface area (Å²) in [7, 11) is 0. The number of rotatable bonds is 11. The molecule has 0 aliphatic carbocycles. The van der Waals surface area contributed by atoms with E-state index in [1.807, 2.05) is 6.26 Å². The summed E-state index contributed by atoms with van der Waals surface area (Å²) in [5.74, 6) is -2.85. The van der Waals surface area contributed by atoms with Crippen LogP contribution in [-0.2, 0) is 19.2 Å². The van der Waals surface area contributed by atoms with Crippen LogP contribution >= 0.6 is 24.2 Å². The van der Waals surface area contributed by atoms with E-state index in [4.69, 9.17) is 22.3 Å². The second kappa shape index (κ2) is 11.2. The molecule has 3 atom stereocenters. The number of hydrogen-bond donors (Lipinski definition) is 5. The van der Waals surface area contributed by atoms with Gasteiger partial charge in [0.25, 0.3) is 0 Å². The largest absolute Gasteiger partial charge is 0.481 e. The first kappa shape index (κ1) is 24.9. The zero-order valence-electron chi connectivity index (χ0n) is 13.6. The first-order chi connectivity index (χ1) is 10.5. The number of carbonyl (C=O) groups excluding carboxylic acids is 3. The van der Waals surface area contributed by atoms with E-state index in [0.717, 1.165) is 0 Å². The minimum absolute atomic E-state index is 0. The molecule has 0 rings (SSSR count). The van der Waals surface area contributed by atoms with Gasteiger partial charge in [-0.25, -0.2) is 0 Å². The molecule has 0 saturated heterocycles. The summed E-state index contributed by atoms with van der Waals surface area (Å²) in [6, 6.07) is -2.17. The van der Waals surface area contributed by atoms with Gasteiger partial charge in [0, 0.05) is 6.42 Å². The number of nitrogens with one attached hydrogen (secondary N) is 1. The van der Waals surface area contributed by atoms with Gasteiger partial charge in [0.05, 0.1) is 24.0 Å². The minimum Gasteiger partial charge on any atom is -0.481 e. The maximum atomic E-state index is 12.2. The van der Waals surface area contributed by atoms with Gasteiger partial charge in [0.15, 0.2) is 5.78 Å². The van der Waals surface area contributed by atoms with Crippen LogP contribution in [0.4, 0.5) is 0 Å². The van der Waals surface area contributed by atoms with Crippen LogP contribution in [0.1, 0.15) is 26.2 Å². The first-order valence-electron chi connectivity index (χ1n) is 6.89. The lowest BCUT2D eigenvalue weighted by Gasteiger charge is -2.24. The Bertz CT molecular complexity index is 475. The maximum Gasteiger partial charge on any atom is 0.305 e. The first-order valence-corrected chi connectivity index (χ1v) is 8.28. The second-order valence-electron chi connectivity index (χ2n) is 5.47. The van der Waals surface area contributed by atoms with Crippen molar-refractivity contribution >= 4 is 47.7 Å². The van der Waals surface area contributed by atoms with Crippen molar-refractivity contribution in [2.24, 2.45) is 17.2 Å². The lowest BCUT2D eigenvalue weighted by Crippen LogP contribution is -2.55. The number of ketones is 1. The number of Topliss-reactive ketones (excluding diaryl/α,β-unsaturated/α-hetero) is 1. The van der Waals surface area contributed by atoms with E-state index < -0.39 is 54.0 Å². The summed E-state index contributed by atoms with van der Waals surface area (Å²) in [5, 5.41) is 11.2. The molecule has 0 aromatic heterocycles. The highest BCUT2D eigenvalue weighted by Crippen LogP contribution is 2.10. The number of hydrogen-bond acceptors (Lipinski definition) is 7. The van der Waals surface area contributed by atoms with E-state index in [1.54, 1.807) is 0 Å². The van der Waals surface area contributed by atoms with Crippen molar-refractivity contribution in [3.8, 4) is 0 Å². The Kier molecular flexibility index (Phi) is 11.7. The van der Waals surface area contributed by atoms with Gasteiger partial charge >= 0.3 is 5.97 Å². The van der Waals surface area contributed by atoms with Crippen molar-refractivity contribution in [2.75, 3.05) is 12.0 Å². The van der Waals surface area contributed by atoms with Crippen molar-refractivity contribution in [1.29, 1.82) is 0 Å². The number of nitrogens with two attached hydrogens (primary N) is 3. The molecule has 0 fully saturated rings. The number of carboxylic acid groups (broad SMARTS) is 1. The number of halogens is 1. The molecule has 8 N–H and O–H groups in total. The van der Waals surface area contributed by atoms with Gasteiger partial charge in [-0.3, -0.25) is 19.2 Å². The Labute approximate surface area is 150 Å². The van der Waals surface area contributed by atoms with Crippen LogP contribution in [0.5, 0.6) is 0 Å². The summed E-state index contributed by atoms with van der Waals surface area (Å²) in [5.41, 5.74) is 14.7. The molecule has 11 heteroatoms. The molecule has 0 spiro atoms. The Balaban J connectivity index is 0. The molecular formula is C13H25ClN4O5S. The fraction of sp³-hybridized carbons (Fsp3) is 0.692. The highest BCUT2D eigenvalue weighted by Gasteiger charge is 2.34. The van der Waals surface area contributed by atoms with Crippen LogP contribution in [-0.4, -0.2) is 58.3 Å². The van der Waals surface area contributed by atoms with Gasteiger partial charge in [-0.05, 0) is 25.4 Å². The number of thioether (sulfide) groups is 1. The average molecular weight is 385 g/mol. The summed E-state index contributed by atoms with van der Waals surface area (Å²) >= 11 is 1.51. The molecule has 0 bridgehead atoms. The summed E-state index contributed by atoms with van der Waals surface area (Å²) in [4.78, 5) is 46.1. The fourth-order valence-corrected chi connectivity index (χ4v) is 2.14. The van der Waals surface area contributed by atoms with Crippen LogP contribution in [0, 0.1) is 0 Å². The van der Waals surface area contributed by atoms with E-state index >= 15 is 0 Å². The highest BCUT2D eigenvalue weighted by molar-refractivity contribution is 7.98. The van der Waals surface area contributed by atoms with Gasteiger partial charge in [-0.1, -0.05) is 0 Å². The molecule has 0 aromatic carbocycles. The third-order valence-electron chi connectivity index (χ3n) is 3.16. The monoisotopic (exact) mass is 384 g/mol. The van der Waals surface area contributed by atoms with Crippen LogP contribution < -0.4 is 22.5 Å². The zero-order valence-corrected chi connectivity index (χ0v) is 15.2. The average Bonchev–Trinajstić information content (AvgIpc) is 2.42. The number of carbonyl (C=O) groups is 4. The normalized spacial score (nSPS) is 15.3. The number of carboxylic acids is 1. The molecule has 0 saturated carbocycles. The van der Waals surface area contributed by atoms with Crippen molar-refractivity contribution in [3.05, 3.63) is 0 Å². The second-order valence-corrected chi connectivity index (χ2v) is 6.46. The van der Waals surface area contributed by atoms with E-state index in [0.29, 0.717) is 12.2 Å². The third-order valence-corrected chi connectivity index (χ3v) is 3.80. The summed E-state index contributed by atoms with van der Waals surface area (Å²) < 4.78 is 0. The van der Waals surface area contributed by atoms with E-state index in [-0.39, 0.29) is 12.4 Å². The minimum atomic E-state index is -1.63. The summed E-state index contributed by atoms with van der Waals surface area (Å²) in [6.45, 7) is 1.26. The molecular weight excluding hydrogens is 360 g/mol. The molecule has 24 heavy (non-hydrogen) atoms. The molecule has 0 radical (unpaired) electrons. The zero-order chi connectivity index (χ0) is 18.2. The molecule has 9 nitrogen and oxygen atoms in total. The Morgan fingerprint density at radius 3 is 2.25 bits per heavy atom. The van der Waals surface area contributed by atoms with Crippen LogP contribution in [0.15, 0.2) is 0 Å². The van der Waals surface area contributed by atoms with Gasteiger partial charge in [-0.15, -0.1) is 12.4 Å². The quantitative estimate of drug-likeness (QED) is 0.288. The fourth-order valence-electron chi connectivity index (χ4n) is 1.65. The predicted molar refractivity (Wildman–Crippen MR) is 93.8 cm³/mol. The smallest absolute Gasteiger partial charge is 0.305 e. The maximum absolute atomic E-state index is 12.2. The van der Waals surface area contributed by atoms with E-state index in [1.165, 1.54) is 18.7 Å². The molecule has 140 valence electrons.